The third kappa shape index (κ3) is 7.35. The lowest BCUT2D eigenvalue weighted by atomic mass is 10.1. The average molecular weight is 561 g/mol. The van der Waals surface area contributed by atoms with Gasteiger partial charge in [0.1, 0.15) is 18.3 Å². The minimum Gasteiger partial charge on any atom is -0.495 e. The zero-order valence-electron chi connectivity index (χ0n) is 18.8. The quantitative estimate of drug-likeness (QED) is 0.480. The summed E-state index contributed by atoms with van der Waals surface area (Å²) in [5, 5.41) is 2.91. The van der Waals surface area contributed by atoms with Crippen molar-refractivity contribution in [2.45, 2.75) is 26.4 Å². The van der Waals surface area contributed by atoms with Gasteiger partial charge >= 0.3 is 0 Å². The van der Waals surface area contributed by atoms with Crippen LogP contribution in [-0.2, 0) is 26.2 Å². The molecule has 180 valence electrons. The number of nitrogens with zero attached hydrogens (tertiary/aromatic N) is 2. The first-order chi connectivity index (χ1) is 15.5. The summed E-state index contributed by atoms with van der Waals surface area (Å²) in [5.74, 6) is -0.489. The van der Waals surface area contributed by atoms with Crippen LogP contribution >= 0.6 is 27.5 Å². The highest BCUT2D eigenvalue weighted by Crippen LogP contribution is 2.30. The highest BCUT2D eigenvalue weighted by atomic mass is 79.9. The Morgan fingerprint density at radius 1 is 1.18 bits per heavy atom. The lowest BCUT2D eigenvalue weighted by Gasteiger charge is -2.31. The van der Waals surface area contributed by atoms with Gasteiger partial charge in [0.25, 0.3) is 0 Å². The molecule has 0 saturated heterocycles. The van der Waals surface area contributed by atoms with Gasteiger partial charge in [0.2, 0.25) is 21.8 Å². The summed E-state index contributed by atoms with van der Waals surface area (Å²) >= 11 is 9.54. The standard InChI is InChI=1S/C22H27BrClN3O5S/c1-5-25-22(29)15(2)26(13-16-6-8-17(23)9-7-16)21(28)14-27(33(4,30)31)18-10-11-20(32-3)19(24)12-18/h6-12,15H,5,13-14H2,1-4H3,(H,25,29). The molecule has 0 heterocycles. The first-order valence-electron chi connectivity index (χ1n) is 10.1. The fourth-order valence-corrected chi connectivity index (χ4v) is 4.47. The summed E-state index contributed by atoms with van der Waals surface area (Å²) in [6.45, 7) is 3.43. The number of methoxy groups -OCH3 is 1. The normalized spacial score (nSPS) is 12.1. The molecule has 0 aromatic heterocycles. The van der Waals surface area contributed by atoms with E-state index in [1.807, 2.05) is 24.3 Å². The predicted molar refractivity (Wildman–Crippen MR) is 133 cm³/mol. The number of sulfonamides is 1. The topological polar surface area (TPSA) is 96.0 Å². The summed E-state index contributed by atoms with van der Waals surface area (Å²) in [6, 6.07) is 10.9. The number of likely N-dealkylation sites (N-methyl/N-ethyl adjacent to an activating group) is 1. The Bertz CT molecular complexity index is 1100. The van der Waals surface area contributed by atoms with E-state index in [0.29, 0.717) is 12.3 Å². The van der Waals surface area contributed by atoms with Gasteiger partial charge in [-0.05, 0) is 49.7 Å². The Morgan fingerprint density at radius 2 is 1.82 bits per heavy atom. The Morgan fingerprint density at radius 3 is 2.33 bits per heavy atom. The van der Waals surface area contributed by atoms with Crippen molar-refractivity contribution >= 4 is 55.1 Å². The van der Waals surface area contributed by atoms with Crippen molar-refractivity contribution in [2.75, 3.05) is 30.8 Å². The van der Waals surface area contributed by atoms with Crippen molar-refractivity contribution in [2.24, 2.45) is 0 Å². The van der Waals surface area contributed by atoms with Crippen LogP contribution in [0, 0.1) is 0 Å². The van der Waals surface area contributed by atoms with Crippen molar-refractivity contribution in [1.29, 1.82) is 0 Å². The number of hydrogen-bond acceptors (Lipinski definition) is 5. The predicted octanol–water partition coefficient (Wildman–Crippen LogP) is 3.43. The second-order valence-corrected chi connectivity index (χ2v) is 10.5. The average Bonchev–Trinajstić information content (AvgIpc) is 2.75. The largest absolute Gasteiger partial charge is 0.495 e. The van der Waals surface area contributed by atoms with Crippen LogP contribution in [0.25, 0.3) is 0 Å². The maximum Gasteiger partial charge on any atom is 0.244 e. The van der Waals surface area contributed by atoms with E-state index >= 15 is 0 Å². The van der Waals surface area contributed by atoms with E-state index in [1.54, 1.807) is 13.8 Å². The lowest BCUT2D eigenvalue weighted by Crippen LogP contribution is -2.51. The fraction of sp³-hybridized carbons (Fsp3) is 0.364. The van der Waals surface area contributed by atoms with Crippen molar-refractivity contribution < 1.29 is 22.7 Å². The number of hydrogen-bond donors (Lipinski definition) is 1. The van der Waals surface area contributed by atoms with Gasteiger partial charge in [-0.15, -0.1) is 0 Å². The number of benzene rings is 2. The molecule has 1 N–H and O–H groups in total. The van der Waals surface area contributed by atoms with Crippen LogP contribution in [-0.4, -0.2) is 57.6 Å². The zero-order chi connectivity index (χ0) is 24.8. The molecule has 0 aliphatic rings. The number of ether oxygens (including phenoxy) is 1. The molecular formula is C22H27BrClN3O5S. The highest BCUT2D eigenvalue weighted by molar-refractivity contribution is 9.10. The molecule has 0 radical (unpaired) electrons. The summed E-state index contributed by atoms with van der Waals surface area (Å²) in [7, 11) is -2.39. The number of rotatable bonds is 10. The van der Waals surface area contributed by atoms with Crippen LogP contribution in [0.2, 0.25) is 5.02 Å². The van der Waals surface area contributed by atoms with E-state index < -0.39 is 28.5 Å². The molecule has 1 atom stereocenters. The molecule has 2 amide bonds. The fourth-order valence-electron chi connectivity index (χ4n) is 3.12. The number of nitrogens with one attached hydrogen (secondary N) is 1. The van der Waals surface area contributed by atoms with Crippen molar-refractivity contribution in [3.8, 4) is 5.75 Å². The molecule has 1 unspecified atom stereocenters. The van der Waals surface area contributed by atoms with Crippen molar-refractivity contribution in [3.63, 3.8) is 0 Å². The lowest BCUT2D eigenvalue weighted by molar-refractivity contribution is -0.139. The van der Waals surface area contributed by atoms with Crippen LogP contribution < -0.4 is 14.4 Å². The van der Waals surface area contributed by atoms with Gasteiger partial charge in [0.15, 0.2) is 0 Å². The molecule has 0 spiro atoms. The van der Waals surface area contributed by atoms with Crippen molar-refractivity contribution in [1.82, 2.24) is 10.2 Å². The Labute approximate surface area is 208 Å². The molecule has 33 heavy (non-hydrogen) atoms. The summed E-state index contributed by atoms with van der Waals surface area (Å²) in [5.41, 5.74) is 1.01. The first kappa shape index (κ1) is 26.9. The molecule has 2 rings (SSSR count). The molecule has 2 aromatic carbocycles. The molecular weight excluding hydrogens is 534 g/mol. The van der Waals surface area contributed by atoms with Gasteiger partial charge in [-0.2, -0.15) is 0 Å². The van der Waals surface area contributed by atoms with Crippen LogP contribution in [0.1, 0.15) is 19.4 Å². The maximum atomic E-state index is 13.4. The smallest absolute Gasteiger partial charge is 0.244 e. The van der Waals surface area contributed by atoms with Crippen molar-refractivity contribution in [3.05, 3.63) is 57.5 Å². The Kier molecular flexibility index (Phi) is 9.57. The van der Waals surface area contributed by atoms with E-state index in [1.165, 1.54) is 30.2 Å². The molecule has 11 heteroatoms. The number of amides is 2. The summed E-state index contributed by atoms with van der Waals surface area (Å²) < 4.78 is 32.1. The zero-order valence-corrected chi connectivity index (χ0v) is 22.0. The van der Waals surface area contributed by atoms with Crippen LogP contribution in [0.5, 0.6) is 5.75 Å². The van der Waals surface area contributed by atoms with Gasteiger partial charge in [0, 0.05) is 17.6 Å². The molecule has 2 aromatic rings. The summed E-state index contributed by atoms with van der Waals surface area (Å²) in [4.78, 5) is 27.3. The molecule has 0 aliphatic heterocycles. The van der Waals surface area contributed by atoms with E-state index in [0.717, 1.165) is 20.6 Å². The molecule has 0 aliphatic carbocycles. The Balaban J connectivity index is 2.39. The number of carbonyl (C=O) groups is 2. The summed E-state index contributed by atoms with van der Waals surface area (Å²) in [6.07, 6.45) is 1.00. The number of halogens is 2. The van der Waals surface area contributed by atoms with Crippen LogP contribution in [0.15, 0.2) is 46.9 Å². The van der Waals surface area contributed by atoms with E-state index in [4.69, 9.17) is 16.3 Å². The number of anilines is 1. The molecule has 8 nitrogen and oxygen atoms in total. The molecule has 0 saturated carbocycles. The third-order valence-corrected chi connectivity index (χ3v) is 6.85. The molecule has 0 bridgehead atoms. The Hall–Kier alpha value is -2.30. The van der Waals surface area contributed by atoms with Crippen LogP contribution in [0.3, 0.4) is 0 Å². The van der Waals surface area contributed by atoms with E-state index in [2.05, 4.69) is 21.2 Å². The van der Waals surface area contributed by atoms with Crippen LogP contribution in [0.4, 0.5) is 5.69 Å². The molecule has 0 fully saturated rings. The van der Waals surface area contributed by atoms with Gasteiger partial charge in [-0.1, -0.05) is 39.7 Å². The van der Waals surface area contributed by atoms with Gasteiger partial charge in [-0.25, -0.2) is 8.42 Å². The maximum absolute atomic E-state index is 13.4. The minimum absolute atomic E-state index is 0.130. The number of carbonyl (C=O) groups excluding carboxylic acids is 2. The van der Waals surface area contributed by atoms with Gasteiger partial charge in [-0.3, -0.25) is 13.9 Å². The highest BCUT2D eigenvalue weighted by Gasteiger charge is 2.30. The first-order valence-corrected chi connectivity index (χ1v) is 13.1. The van der Waals surface area contributed by atoms with E-state index in [9.17, 15) is 18.0 Å². The second kappa shape index (κ2) is 11.7. The minimum atomic E-state index is -3.84. The monoisotopic (exact) mass is 559 g/mol. The third-order valence-electron chi connectivity index (χ3n) is 4.89. The SMILES string of the molecule is CCNC(=O)C(C)N(Cc1ccc(Br)cc1)C(=O)CN(c1ccc(OC)c(Cl)c1)S(C)(=O)=O. The van der Waals surface area contributed by atoms with E-state index in [-0.39, 0.29) is 23.2 Å². The van der Waals surface area contributed by atoms with Gasteiger partial charge < -0.3 is 15.0 Å². The second-order valence-electron chi connectivity index (χ2n) is 7.31. The van der Waals surface area contributed by atoms with Gasteiger partial charge in [0.05, 0.1) is 24.1 Å².